The first kappa shape index (κ1) is 13.2. The van der Waals surface area contributed by atoms with Crippen LogP contribution < -0.4 is 4.74 Å². The van der Waals surface area contributed by atoms with Crippen LogP contribution in [0.4, 0.5) is 0 Å². The van der Waals surface area contributed by atoms with E-state index < -0.39 is 11.8 Å². The second-order valence-corrected chi connectivity index (χ2v) is 4.16. The number of benzene rings is 1. The zero-order valence-corrected chi connectivity index (χ0v) is 11.2. The Morgan fingerprint density at radius 2 is 2.00 bits per heavy atom. The molecule has 1 aliphatic heterocycles. The molecule has 98 valence electrons. The molecule has 0 aliphatic carbocycles. The molecule has 1 aromatic rings. The molecule has 0 spiro atoms. The summed E-state index contributed by atoms with van der Waals surface area (Å²) >= 11 is 4.83. The van der Waals surface area contributed by atoms with Crippen LogP contribution in [-0.2, 0) is 14.3 Å². The fourth-order valence-corrected chi connectivity index (χ4v) is 1.89. The monoisotopic (exact) mass is 277 g/mol. The van der Waals surface area contributed by atoms with Gasteiger partial charge in [-0.15, -0.1) is 0 Å². The zero-order valence-electron chi connectivity index (χ0n) is 10.4. The third kappa shape index (κ3) is 2.63. The Kier molecular flexibility index (Phi) is 3.62. The number of amides is 2. The van der Waals surface area contributed by atoms with E-state index in [1.54, 1.807) is 31.4 Å². The third-order valence-corrected chi connectivity index (χ3v) is 2.79. The van der Waals surface area contributed by atoms with Gasteiger partial charge in [0.1, 0.15) is 5.75 Å². The van der Waals surface area contributed by atoms with Gasteiger partial charge >= 0.3 is 5.91 Å². The Labute approximate surface area is 115 Å². The molecule has 19 heavy (non-hydrogen) atoms. The molecule has 0 saturated carbocycles. The molecule has 0 N–H and O–H groups in total. The van der Waals surface area contributed by atoms with Gasteiger partial charge in [0.15, 0.2) is 5.76 Å². The van der Waals surface area contributed by atoms with Gasteiger partial charge in [0.2, 0.25) is 5.91 Å². The lowest BCUT2D eigenvalue weighted by molar-refractivity contribution is -0.135. The molecule has 0 radical (unpaired) electrons. The molecule has 0 atom stereocenters. The van der Waals surface area contributed by atoms with Crippen LogP contribution in [0, 0.1) is 0 Å². The molecular formula is C13H11NO4S. The van der Waals surface area contributed by atoms with Gasteiger partial charge in [-0.1, -0.05) is 12.1 Å². The largest absolute Gasteiger partial charge is 0.497 e. The Bertz CT molecular complexity index is 577. The van der Waals surface area contributed by atoms with E-state index in [-0.39, 0.29) is 10.9 Å². The number of methoxy groups -OCH3 is 1. The van der Waals surface area contributed by atoms with E-state index in [1.165, 1.54) is 13.0 Å². The number of ether oxygens (including phenoxy) is 2. The summed E-state index contributed by atoms with van der Waals surface area (Å²) in [5, 5.41) is -0.141. The highest BCUT2D eigenvalue weighted by atomic mass is 32.1. The van der Waals surface area contributed by atoms with Gasteiger partial charge in [-0.3, -0.25) is 9.59 Å². The van der Waals surface area contributed by atoms with Gasteiger partial charge in [0.05, 0.1) is 7.11 Å². The Balaban J connectivity index is 2.27. The molecular weight excluding hydrogens is 266 g/mol. The summed E-state index contributed by atoms with van der Waals surface area (Å²) in [6.07, 6.45) is 1.52. The van der Waals surface area contributed by atoms with E-state index in [1.807, 2.05) is 0 Å². The van der Waals surface area contributed by atoms with E-state index in [2.05, 4.69) is 0 Å². The van der Waals surface area contributed by atoms with Gasteiger partial charge in [-0.05, 0) is 36.0 Å². The molecule has 1 saturated heterocycles. The van der Waals surface area contributed by atoms with Crippen molar-refractivity contribution in [3.8, 4) is 5.75 Å². The summed E-state index contributed by atoms with van der Waals surface area (Å²) in [5.74, 6) is -0.270. The highest BCUT2D eigenvalue weighted by molar-refractivity contribution is 7.80. The average Bonchev–Trinajstić information content (AvgIpc) is 2.65. The van der Waals surface area contributed by atoms with Crippen molar-refractivity contribution in [1.82, 2.24) is 4.90 Å². The van der Waals surface area contributed by atoms with E-state index >= 15 is 0 Å². The van der Waals surface area contributed by atoms with Gasteiger partial charge in [-0.25, -0.2) is 4.90 Å². The first-order chi connectivity index (χ1) is 9.02. The van der Waals surface area contributed by atoms with Crippen LogP contribution in [0.2, 0.25) is 0 Å². The summed E-state index contributed by atoms with van der Waals surface area (Å²) in [6, 6.07) is 7.05. The van der Waals surface area contributed by atoms with Gasteiger partial charge < -0.3 is 9.47 Å². The Hall–Kier alpha value is -2.21. The van der Waals surface area contributed by atoms with E-state index in [4.69, 9.17) is 21.7 Å². The minimum absolute atomic E-state index is 0.0327. The summed E-state index contributed by atoms with van der Waals surface area (Å²) in [4.78, 5) is 24.0. The molecule has 2 rings (SSSR count). The lowest BCUT2D eigenvalue weighted by Gasteiger charge is -2.04. The van der Waals surface area contributed by atoms with Gasteiger partial charge in [-0.2, -0.15) is 0 Å². The molecule has 6 heteroatoms. The smallest absolute Gasteiger partial charge is 0.303 e. The molecule has 0 aromatic heterocycles. The van der Waals surface area contributed by atoms with E-state index in [9.17, 15) is 9.59 Å². The number of thiocarbonyl (C=S) groups is 1. The maximum Gasteiger partial charge on any atom is 0.303 e. The molecule has 1 heterocycles. The second kappa shape index (κ2) is 5.19. The third-order valence-electron chi connectivity index (χ3n) is 2.52. The maximum absolute atomic E-state index is 11.9. The number of hydrogen-bond donors (Lipinski definition) is 0. The minimum Gasteiger partial charge on any atom is -0.497 e. The fraction of sp³-hybridized carbons (Fsp3) is 0.154. The van der Waals surface area contributed by atoms with E-state index in [0.29, 0.717) is 5.75 Å². The molecule has 1 fully saturated rings. The van der Waals surface area contributed by atoms with Crippen molar-refractivity contribution in [2.24, 2.45) is 0 Å². The van der Waals surface area contributed by atoms with Crippen molar-refractivity contribution >= 4 is 35.3 Å². The molecule has 5 nitrogen and oxygen atoms in total. The van der Waals surface area contributed by atoms with Crippen LogP contribution in [0.1, 0.15) is 12.5 Å². The van der Waals surface area contributed by atoms with Crippen molar-refractivity contribution < 1.29 is 19.1 Å². The molecule has 0 bridgehead atoms. The summed E-state index contributed by atoms with van der Waals surface area (Å²) in [5.41, 5.74) is 0.748. The molecule has 2 amide bonds. The Morgan fingerprint density at radius 1 is 1.37 bits per heavy atom. The SMILES string of the molecule is COc1ccc(C=C2OC(=S)N(C(C)=O)C2=O)cc1. The number of carbonyl (C=O) groups is 2. The van der Waals surface area contributed by atoms with Crippen LogP contribution in [0.5, 0.6) is 5.75 Å². The standard InChI is InChI=1S/C13H11NO4S/c1-8(15)14-12(16)11(18-13(14)19)7-9-3-5-10(17-2)6-4-9/h3-7H,1-2H3. The first-order valence-corrected chi connectivity index (χ1v) is 5.86. The number of rotatable bonds is 2. The maximum atomic E-state index is 11.9. The van der Waals surface area contributed by atoms with Crippen LogP contribution >= 0.6 is 12.2 Å². The van der Waals surface area contributed by atoms with Crippen molar-refractivity contribution in [2.45, 2.75) is 6.92 Å². The topological polar surface area (TPSA) is 55.8 Å². The predicted octanol–water partition coefficient (Wildman–Crippen LogP) is 1.73. The molecule has 0 unspecified atom stereocenters. The van der Waals surface area contributed by atoms with Crippen molar-refractivity contribution in [1.29, 1.82) is 0 Å². The minimum atomic E-state index is -0.548. The van der Waals surface area contributed by atoms with Crippen molar-refractivity contribution in [2.75, 3.05) is 7.11 Å². The van der Waals surface area contributed by atoms with Crippen molar-refractivity contribution in [3.05, 3.63) is 35.6 Å². The average molecular weight is 277 g/mol. The Morgan fingerprint density at radius 3 is 2.47 bits per heavy atom. The fourth-order valence-electron chi connectivity index (χ4n) is 1.59. The molecule has 1 aliphatic rings. The summed E-state index contributed by atoms with van der Waals surface area (Å²) < 4.78 is 10.2. The molecule has 1 aromatic carbocycles. The van der Waals surface area contributed by atoms with Crippen LogP contribution in [0.25, 0.3) is 6.08 Å². The highest BCUT2D eigenvalue weighted by Crippen LogP contribution is 2.21. The van der Waals surface area contributed by atoms with Crippen LogP contribution in [0.3, 0.4) is 0 Å². The first-order valence-electron chi connectivity index (χ1n) is 5.45. The lowest BCUT2D eigenvalue weighted by atomic mass is 10.2. The van der Waals surface area contributed by atoms with Crippen molar-refractivity contribution in [3.63, 3.8) is 0 Å². The summed E-state index contributed by atoms with van der Waals surface area (Å²) in [6.45, 7) is 1.25. The number of nitrogens with zero attached hydrogens (tertiary/aromatic N) is 1. The summed E-state index contributed by atoms with van der Waals surface area (Å²) in [7, 11) is 1.57. The van der Waals surface area contributed by atoms with Crippen LogP contribution in [0.15, 0.2) is 30.0 Å². The number of hydrogen-bond acceptors (Lipinski definition) is 5. The van der Waals surface area contributed by atoms with E-state index in [0.717, 1.165) is 10.5 Å². The zero-order chi connectivity index (χ0) is 14.0. The normalized spacial score (nSPS) is 16.7. The number of carbonyl (C=O) groups excluding carboxylic acids is 2. The highest BCUT2D eigenvalue weighted by Gasteiger charge is 2.36. The predicted molar refractivity (Wildman–Crippen MR) is 72.2 cm³/mol. The lowest BCUT2D eigenvalue weighted by Crippen LogP contribution is -2.32. The van der Waals surface area contributed by atoms with Gasteiger partial charge in [0.25, 0.3) is 5.17 Å². The van der Waals surface area contributed by atoms with Crippen LogP contribution in [-0.4, -0.2) is 29.0 Å². The quantitative estimate of drug-likeness (QED) is 0.608. The number of imide groups is 1. The second-order valence-electron chi connectivity index (χ2n) is 3.81. The van der Waals surface area contributed by atoms with Gasteiger partial charge in [0, 0.05) is 6.92 Å².